The van der Waals surface area contributed by atoms with E-state index in [1.807, 2.05) is 38.1 Å². The molecular weight excluding hydrogens is 256 g/mol. The highest BCUT2D eigenvalue weighted by atomic mass is 16.4. The molecule has 1 amide bonds. The summed E-state index contributed by atoms with van der Waals surface area (Å²) in [6.07, 6.45) is 0.335. The van der Waals surface area contributed by atoms with Crippen LogP contribution in [0, 0.1) is 5.92 Å². The fraction of sp³-hybridized carbons (Fsp3) is 0.467. The van der Waals surface area contributed by atoms with Crippen molar-refractivity contribution in [3.05, 3.63) is 35.4 Å². The van der Waals surface area contributed by atoms with Gasteiger partial charge >= 0.3 is 5.97 Å². The third-order valence-electron chi connectivity index (χ3n) is 3.82. The van der Waals surface area contributed by atoms with Gasteiger partial charge in [-0.3, -0.25) is 4.79 Å². The first-order valence-electron chi connectivity index (χ1n) is 6.77. The predicted octanol–water partition coefficient (Wildman–Crippen LogP) is 1.01. The Morgan fingerprint density at radius 2 is 1.90 bits per heavy atom. The van der Waals surface area contributed by atoms with Crippen LogP contribution >= 0.6 is 0 Å². The van der Waals surface area contributed by atoms with Gasteiger partial charge in [0.05, 0.1) is 6.04 Å². The zero-order chi connectivity index (χ0) is 14.9. The van der Waals surface area contributed by atoms with Crippen LogP contribution in [0.15, 0.2) is 24.3 Å². The van der Waals surface area contributed by atoms with E-state index >= 15 is 0 Å². The second-order valence-corrected chi connectivity index (χ2v) is 5.56. The van der Waals surface area contributed by atoms with E-state index < -0.39 is 18.1 Å². The van der Waals surface area contributed by atoms with Gasteiger partial charge in [0, 0.05) is 13.0 Å². The summed E-state index contributed by atoms with van der Waals surface area (Å²) in [5.74, 6) is -1.29. The average molecular weight is 276 g/mol. The zero-order valence-electron chi connectivity index (χ0n) is 11.7. The Kier molecular flexibility index (Phi) is 4.09. The molecular formula is C15H20N2O3. The lowest BCUT2D eigenvalue weighted by atomic mass is 9.92. The van der Waals surface area contributed by atoms with Crippen LogP contribution < -0.4 is 5.73 Å². The number of fused-ring (bicyclic) bond motifs is 1. The summed E-state index contributed by atoms with van der Waals surface area (Å²) < 4.78 is 0. The minimum absolute atomic E-state index is 0.0193. The van der Waals surface area contributed by atoms with E-state index in [9.17, 15) is 14.7 Å². The lowest BCUT2D eigenvalue weighted by Gasteiger charge is -2.36. The van der Waals surface area contributed by atoms with E-state index in [4.69, 9.17) is 5.73 Å². The number of carbonyl (C=O) groups is 2. The molecule has 0 saturated heterocycles. The van der Waals surface area contributed by atoms with Crippen molar-refractivity contribution < 1.29 is 14.7 Å². The summed E-state index contributed by atoms with van der Waals surface area (Å²) in [4.78, 5) is 25.2. The van der Waals surface area contributed by atoms with Gasteiger partial charge in [-0.05, 0) is 17.0 Å². The number of carboxylic acid groups (broad SMARTS) is 1. The zero-order valence-corrected chi connectivity index (χ0v) is 11.7. The summed E-state index contributed by atoms with van der Waals surface area (Å²) >= 11 is 0. The Balaban J connectivity index is 2.31. The fourth-order valence-electron chi connectivity index (χ4n) is 2.45. The molecule has 5 heteroatoms. The van der Waals surface area contributed by atoms with Crippen LogP contribution in [-0.2, 0) is 22.6 Å². The average Bonchev–Trinajstić information content (AvgIpc) is 2.44. The molecule has 0 saturated carbocycles. The van der Waals surface area contributed by atoms with Crippen molar-refractivity contribution in [1.29, 1.82) is 0 Å². The number of nitrogens with zero attached hydrogens (tertiary/aromatic N) is 1. The largest absolute Gasteiger partial charge is 0.480 e. The summed E-state index contributed by atoms with van der Waals surface area (Å²) in [5, 5.41) is 9.37. The quantitative estimate of drug-likeness (QED) is 0.863. The van der Waals surface area contributed by atoms with Crippen LogP contribution in [0.1, 0.15) is 25.0 Å². The molecule has 0 aromatic heterocycles. The van der Waals surface area contributed by atoms with E-state index in [0.717, 1.165) is 11.1 Å². The first kappa shape index (κ1) is 14.5. The van der Waals surface area contributed by atoms with E-state index in [0.29, 0.717) is 13.0 Å². The normalized spacial score (nSPS) is 19.6. The third kappa shape index (κ3) is 2.67. The molecule has 1 aromatic rings. The molecule has 108 valence electrons. The van der Waals surface area contributed by atoms with Crippen molar-refractivity contribution in [1.82, 2.24) is 4.90 Å². The van der Waals surface area contributed by atoms with Gasteiger partial charge < -0.3 is 15.7 Å². The molecule has 0 radical (unpaired) electrons. The number of aliphatic carboxylic acids is 1. The maximum absolute atomic E-state index is 12.4. The Labute approximate surface area is 118 Å². The van der Waals surface area contributed by atoms with Gasteiger partial charge in [0.15, 0.2) is 0 Å². The maximum atomic E-state index is 12.4. The second kappa shape index (κ2) is 5.63. The number of hydrogen-bond acceptors (Lipinski definition) is 3. The summed E-state index contributed by atoms with van der Waals surface area (Å²) in [5.41, 5.74) is 7.87. The molecule has 0 spiro atoms. The van der Waals surface area contributed by atoms with Crippen molar-refractivity contribution in [2.45, 2.75) is 38.9 Å². The van der Waals surface area contributed by atoms with Crippen molar-refractivity contribution >= 4 is 11.9 Å². The van der Waals surface area contributed by atoms with Crippen molar-refractivity contribution in [2.24, 2.45) is 11.7 Å². The van der Waals surface area contributed by atoms with E-state index in [-0.39, 0.29) is 11.8 Å². The number of hydrogen-bond donors (Lipinski definition) is 2. The van der Waals surface area contributed by atoms with Crippen LogP contribution in [0.5, 0.6) is 0 Å². The van der Waals surface area contributed by atoms with Gasteiger partial charge in [0.25, 0.3) is 0 Å². The number of benzene rings is 1. The molecule has 20 heavy (non-hydrogen) atoms. The maximum Gasteiger partial charge on any atom is 0.326 e. The minimum Gasteiger partial charge on any atom is -0.480 e. The minimum atomic E-state index is -0.983. The van der Waals surface area contributed by atoms with Gasteiger partial charge in [0.2, 0.25) is 5.91 Å². The molecule has 0 fully saturated rings. The first-order valence-corrected chi connectivity index (χ1v) is 6.77. The molecule has 0 aliphatic carbocycles. The molecule has 2 rings (SSSR count). The molecule has 2 atom stereocenters. The van der Waals surface area contributed by atoms with E-state index in [1.54, 1.807) is 0 Å². The predicted molar refractivity (Wildman–Crippen MR) is 74.9 cm³/mol. The summed E-state index contributed by atoms with van der Waals surface area (Å²) in [7, 11) is 0. The molecule has 1 aliphatic rings. The highest BCUT2D eigenvalue weighted by Crippen LogP contribution is 2.24. The van der Waals surface area contributed by atoms with Crippen molar-refractivity contribution in [2.75, 3.05) is 0 Å². The van der Waals surface area contributed by atoms with Crippen LogP contribution in [0.2, 0.25) is 0 Å². The highest BCUT2D eigenvalue weighted by Gasteiger charge is 2.36. The van der Waals surface area contributed by atoms with Crippen molar-refractivity contribution in [3.8, 4) is 0 Å². The van der Waals surface area contributed by atoms with Gasteiger partial charge in [-0.15, -0.1) is 0 Å². The van der Waals surface area contributed by atoms with Crippen LogP contribution in [-0.4, -0.2) is 34.0 Å². The molecule has 1 aliphatic heterocycles. The van der Waals surface area contributed by atoms with Crippen LogP contribution in [0.4, 0.5) is 0 Å². The Bertz CT molecular complexity index is 528. The van der Waals surface area contributed by atoms with Gasteiger partial charge in [0.1, 0.15) is 6.04 Å². The highest BCUT2D eigenvalue weighted by molar-refractivity contribution is 5.87. The number of carboxylic acids is 1. The second-order valence-electron chi connectivity index (χ2n) is 5.56. The first-order chi connectivity index (χ1) is 9.41. The molecule has 3 N–H and O–H groups in total. The summed E-state index contributed by atoms with van der Waals surface area (Å²) in [6.45, 7) is 4.03. The fourth-order valence-corrected chi connectivity index (χ4v) is 2.45. The summed E-state index contributed by atoms with van der Waals surface area (Å²) in [6, 6.07) is 6.12. The topological polar surface area (TPSA) is 83.6 Å². The number of carbonyl (C=O) groups excluding carboxylic acids is 1. The lowest BCUT2D eigenvalue weighted by Crippen LogP contribution is -2.55. The molecule has 0 bridgehead atoms. The molecule has 1 heterocycles. The van der Waals surface area contributed by atoms with Crippen LogP contribution in [0.25, 0.3) is 0 Å². The SMILES string of the molecule is CC(C)[C@H](N)C(=O)N1Cc2ccccc2C[C@H]1C(=O)O. The van der Waals surface area contributed by atoms with E-state index in [1.165, 1.54) is 4.90 Å². The Morgan fingerprint density at radius 3 is 2.45 bits per heavy atom. The lowest BCUT2D eigenvalue weighted by molar-refractivity contribution is -0.152. The number of rotatable bonds is 3. The monoisotopic (exact) mass is 276 g/mol. The van der Waals surface area contributed by atoms with Gasteiger partial charge in [-0.1, -0.05) is 38.1 Å². The number of nitrogens with two attached hydrogens (primary N) is 1. The number of amides is 1. The molecule has 0 unspecified atom stereocenters. The molecule has 1 aromatic carbocycles. The van der Waals surface area contributed by atoms with Crippen LogP contribution in [0.3, 0.4) is 0 Å². The smallest absolute Gasteiger partial charge is 0.326 e. The Morgan fingerprint density at radius 1 is 1.30 bits per heavy atom. The third-order valence-corrected chi connectivity index (χ3v) is 3.82. The molecule has 5 nitrogen and oxygen atoms in total. The van der Waals surface area contributed by atoms with E-state index in [2.05, 4.69) is 0 Å². The van der Waals surface area contributed by atoms with Gasteiger partial charge in [-0.2, -0.15) is 0 Å². The van der Waals surface area contributed by atoms with Gasteiger partial charge in [-0.25, -0.2) is 4.79 Å². The standard InChI is InChI=1S/C15H20N2O3/c1-9(2)13(16)14(18)17-8-11-6-4-3-5-10(11)7-12(17)15(19)20/h3-6,9,12-13H,7-8,16H2,1-2H3,(H,19,20)/t12-,13-/m0/s1. The van der Waals surface area contributed by atoms with Crippen molar-refractivity contribution in [3.63, 3.8) is 0 Å². The Hall–Kier alpha value is -1.88.